The third kappa shape index (κ3) is 4.22. The molecule has 1 fully saturated rings. The quantitative estimate of drug-likeness (QED) is 0.866. The van der Waals surface area contributed by atoms with E-state index in [1.807, 2.05) is 31.2 Å². The lowest BCUT2D eigenvalue weighted by Gasteiger charge is -2.33. The summed E-state index contributed by atoms with van der Waals surface area (Å²) in [6.45, 7) is 4.51. The molecular formula is C21H25NO5. The number of aryl methyl sites for hydroxylation is 2. The fourth-order valence-electron chi connectivity index (χ4n) is 3.55. The molecule has 2 aromatic rings. The molecule has 1 amide bonds. The molecule has 1 aliphatic heterocycles. The van der Waals surface area contributed by atoms with Gasteiger partial charge in [0.05, 0.1) is 18.6 Å². The molecule has 0 aliphatic carbocycles. The molecule has 144 valence electrons. The van der Waals surface area contributed by atoms with Crippen LogP contribution in [-0.2, 0) is 16.1 Å². The van der Waals surface area contributed by atoms with E-state index < -0.39 is 5.97 Å². The maximum atomic E-state index is 13.1. The normalized spacial score (nSPS) is 19.7. The molecule has 2 atom stereocenters. The van der Waals surface area contributed by atoms with E-state index in [0.29, 0.717) is 18.1 Å². The van der Waals surface area contributed by atoms with Crippen LogP contribution in [0.25, 0.3) is 0 Å². The first-order chi connectivity index (χ1) is 12.9. The Morgan fingerprint density at radius 2 is 1.93 bits per heavy atom. The van der Waals surface area contributed by atoms with Crippen LogP contribution in [0.4, 0.5) is 0 Å². The number of nitrogens with zero attached hydrogens (tertiary/aromatic N) is 1. The van der Waals surface area contributed by atoms with Crippen molar-refractivity contribution in [3.05, 3.63) is 58.5 Å². The standard InChI is InChI=1S/C21H25NO5/c1-13-6-8-15(9-7-13)19-17(5-4-10-26-19)20(23)22(3)12-16-11-18(21(24)25)14(2)27-16/h6-9,11,17,19H,4-5,10,12H2,1-3H3,(H,24,25)/t17-,19+/m0/s1. The minimum Gasteiger partial charge on any atom is -0.478 e. The van der Waals surface area contributed by atoms with Gasteiger partial charge in [0.25, 0.3) is 0 Å². The van der Waals surface area contributed by atoms with Gasteiger partial charge >= 0.3 is 5.97 Å². The molecule has 0 bridgehead atoms. The van der Waals surface area contributed by atoms with Gasteiger partial charge in [-0.2, -0.15) is 0 Å². The number of hydrogen-bond acceptors (Lipinski definition) is 4. The van der Waals surface area contributed by atoms with Crippen molar-refractivity contribution in [1.82, 2.24) is 4.90 Å². The number of carbonyl (C=O) groups excluding carboxylic acids is 1. The highest BCUT2D eigenvalue weighted by Gasteiger charge is 2.35. The van der Waals surface area contributed by atoms with Gasteiger partial charge in [0.15, 0.2) is 0 Å². The SMILES string of the molecule is Cc1ccc([C@H]2OCCC[C@@H]2C(=O)N(C)Cc2cc(C(=O)O)c(C)o2)cc1. The molecule has 27 heavy (non-hydrogen) atoms. The van der Waals surface area contributed by atoms with Crippen LogP contribution in [0.2, 0.25) is 0 Å². The van der Waals surface area contributed by atoms with Gasteiger partial charge in [0.2, 0.25) is 5.91 Å². The Bertz CT molecular complexity index is 824. The number of furan rings is 1. The van der Waals surface area contributed by atoms with Gasteiger partial charge in [-0.15, -0.1) is 0 Å². The van der Waals surface area contributed by atoms with E-state index in [1.165, 1.54) is 6.07 Å². The van der Waals surface area contributed by atoms with Crippen LogP contribution in [0.1, 0.15) is 52.0 Å². The van der Waals surface area contributed by atoms with Crippen LogP contribution in [0, 0.1) is 19.8 Å². The van der Waals surface area contributed by atoms with Crippen molar-refractivity contribution in [3.63, 3.8) is 0 Å². The molecule has 1 aromatic heterocycles. The average molecular weight is 371 g/mol. The molecule has 1 aromatic carbocycles. The molecule has 0 radical (unpaired) electrons. The van der Waals surface area contributed by atoms with Crippen molar-refractivity contribution in [3.8, 4) is 0 Å². The minimum atomic E-state index is -1.03. The third-order valence-electron chi connectivity index (χ3n) is 5.01. The number of aromatic carboxylic acids is 1. The van der Waals surface area contributed by atoms with E-state index in [2.05, 4.69) is 0 Å². The maximum absolute atomic E-state index is 13.1. The Labute approximate surface area is 158 Å². The second-order valence-corrected chi connectivity index (χ2v) is 7.13. The first kappa shape index (κ1) is 19.2. The van der Waals surface area contributed by atoms with Crippen LogP contribution < -0.4 is 0 Å². The van der Waals surface area contributed by atoms with E-state index in [1.54, 1.807) is 18.9 Å². The number of ether oxygens (including phenoxy) is 1. The molecule has 1 saturated heterocycles. The smallest absolute Gasteiger partial charge is 0.339 e. The molecule has 0 spiro atoms. The Hall–Kier alpha value is -2.60. The summed E-state index contributed by atoms with van der Waals surface area (Å²) < 4.78 is 11.4. The molecule has 6 heteroatoms. The van der Waals surface area contributed by atoms with Gasteiger partial charge in [-0.3, -0.25) is 4.79 Å². The monoisotopic (exact) mass is 371 g/mol. The van der Waals surface area contributed by atoms with Gasteiger partial charge in [-0.25, -0.2) is 4.79 Å². The summed E-state index contributed by atoms with van der Waals surface area (Å²) >= 11 is 0. The van der Waals surface area contributed by atoms with E-state index in [-0.39, 0.29) is 30.0 Å². The zero-order chi connectivity index (χ0) is 19.6. The molecule has 0 saturated carbocycles. The summed E-state index contributed by atoms with van der Waals surface area (Å²) in [5.41, 5.74) is 2.30. The first-order valence-corrected chi connectivity index (χ1v) is 9.12. The molecule has 1 aliphatic rings. The highest BCUT2D eigenvalue weighted by atomic mass is 16.5. The Morgan fingerprint density at radius 1 is 1.22 bits per heavy atom. The van der Waals surface area contributed by atoms with E-state index in [9.17, 15) is 9.59 Å². The zero-order valence-electron chi connectivity index (χ0n) is 15.9. The molecular weight excluding hydrogens is 346 g/mol. The second-order valence-electron chi connectivity index (χ2n) is 7.13. The molecule has 2 heterocycles. The highest BCUT2D eigenvalue weighted by Crippen LogP contribution is 2.35. The summed E-state index contributed by atoms with van der Waals surface area (Å²) in [6, 6.07) is 9.56. The Balaban J connectivity index is 1.74. The molecule has 0 unspecified atom stereocenters. The van der Waals surface area contributed by atoms with Crippen molar-refractivity contribution in [2.75, 3.05) is 13.7 Å². The Kier molecular flexibility index (Phi) is 5.65. The minimum absolute atomic E-state index is 0.0220. The van der Waals surface area contributed by atoms with E-state index in [0.717, 1.165) is 24.0 Å². The van der Waals surface area contributed by atoms with Crippen LogP contribution >= 0.6 is 0 Å². The number of amides is 1. The predicted molar refractivity (Wildman–Crippen MR) is 99.5 cm³/mol. The van der Waals surface area contributed by atoms with Gasteiger partial charge in [0.1, 0.15) is 17.1 Å². The summed E-state index contributed by atoms with van der Waals surface area (Å²) in [4.78, 5) is 25.8. The third-order valence-corrected chi connectivity index (χ3v) is 5.01. The maximum Gasteiger partial charge on any atom is 0.339 e. The van der Waals surface area contributed by atoms with Gasteiger partial charge in [-0.1, -0.05) is 29.8 Å². The van der Waals surface area contributed by atoms with Crippen molar-refractivity contribution >= 4 is 11.9 Å². The number of carboxylic acid groups (broad SMARTS) is 1. The summed E-state index contributed by atoms with van der Waals surface area (Å²) in [7, 11) is 1.71. The van der Waals surface area contributed by atoms with Gasteiger partial charge < -0.3 is 19.2 Å². The topological polar surface area (TPSA) is 80.0 Å². The fourth-order valence-corrected chi connectivity index (χ4v) is 3.55. The molecule has 6 nitrogen and oxygen atoms in total. The number of hydrogen-bond donors (Lipinski definition) is 1. The molecule has 1 N–H and O–H groups in total. The number of carboxylic acids is 1. The second kappa shape index (κ2) is 7.96. The predicted octanol–water partition coefficient (Wildman–Crippen LogP) is 3.72. The fraction of sp³-hybridized carbons (Fsp3) is 0.429. The van der Waals surface area contributed by atoms with Crippen LogP contribution in [0.3, 0.4) is 0 Å². The van der Waals surface area contributed by atoms with Crippen LogP contribution in [0.5, 0.6) is 0 Å². The van der Waals surface area contributed by atoms with Gasteiger partial charge in [-0.05, 0) is 38.3 Å². The summed E-state index contributed by atoms with van der Waals surface area (Å²) in [5.74, 6) is -0.509. The van der Waals surface area contributed by atoms with Crippen LogP contribution in [0.15, 0.2) is 34.7 Å². The zero-order valence-corrected chi connectivity index (χ0v) is 15.9. The largest absolute Gasteiger partial charge is 0.478 e. The Morgan fingerprint density at radius 3 is 2.56 bits per heavy atom. The molecule has 3 rings (SSSR count). The average Bonchev–Trinajstić information content (AvgIpc) is 3.02. The van der Waals surface area contributed by atoms with Crippen molar-refractivity contribution in [2.45, 2.75) is 39.3 Å². The van der Waals surface area contributed by atoms with Crippen molar-refractivity contribution in [2.24, 2.45) is 5.92 Å². The van der Waals surface area contributed by atoms with Gasteiger partial charge in [0, 0.05) is 13.7 Å². The van der Waals surface area contributed by atoms with Crippen LogP contribution in [-0.4, -0.2) is 35.5 Å². The number of rotatable bonds is 5. The lowest BCUT2D eigenvalue weighted by molar-refractivity contribution is -0.145. The number of carbonyl (C=O) groups is 2. The van der Waals surface area contributed by atoms with E-state index in [4.69, 9.17) is 14.3 Å². The first-order valence-electron chi connectivity index (χ1n) is 9.12. The van der Waals surface area contributed by atoms with E-state index >= 15 is 0 Å². The lowest BCUT2D eigenvalue weighted by atomic mass is 9.88. The number of benzene rings is 1. The van der Waals surface area contributed by atoms with Crippen molar-refractivity contribution < 1.29 is 23.8 Å². The highest BCUT2D eigenvalue weighted by molar-refractivity contribution is 5.88. The lowest BCUT2D eigenvalue weighted by Crippen LogP contribution is -2.38. The summed E-state index contributed by atoms with van der Waals surface area (Å²) in [5, 5.41) is 9.15. The van der Waals surface area contributed by atoms with Crippen molar-refractivity contribution in [1.29, 1.82) is 0 Å². The summed E-state index contributed by atoms with van der Waals surface area (Å²) in [6.07, 6.45) is 1.34.